The minimum Gasteiger partial charge on any atom is -0.368 e. The number of nitrogens with one attached hydrogen (secondary N) is 1. The van der Waals surface area contributed by atoms with Crippen molar-refractivity contribution < 1.29 is 0 Å². The van der Waals surface area contributed by atoms with Gasteiger partial charge in [-0.15, -0.1) is 11.8 Å². The number of nitrogens with zero attached hydrogens (tertiary/aromatic N) is 4. The second-order valence-electron chi connectivity index (χ2n) is 6.06. The van der Waals surface area contributed by atoms with Crippen molar-refractivity contribution in [2.45, 2.75) is 37.1 Å². The predicted octanol–water partition coefficient (Wildman–Crippen LogP) is 3.54. The molecule has 0 fully saturated rings. The van der Waals surface area contributed by atoms with Crippen molar-refractivity contribution in [2.24, 2.45) is 0 Å². The third kappa shape index (κ3) is 2.98. The number of hydrogen-bond donors (Lipinski definition) is 1. The minimum absolute atomic E-state index is 0.840. The van der Waals surface area contributed by atoms with Crippen LogP contribution in [0.1, 0.15) is 24.2 Å². The van der Waals surface area contributed by atoms with E-state index in [0.717, 1.165) is 48.7 Å². The molecule has 0 radical (unpaired) electrons. The molecule has 1 aliphatic rings. The Labute approximate surface area is 145 Å². The molecule has 0 unspecified atom stereocenters. The summed E-state index contributed by atoms with van der Waals surface area (Å²) in [5, 5.41) is 3.44. The fourth-order valence-corrected chi connectivity index (χ4v) is 3.62. The van der Waals surface area contributed by atoms with Crippen molar-refractivity contribution in [2.75, 3.05) is 18.1 Å². The summed E-state index contributed by atoms with van der Waals surface area (Å²) in [6.07, 6.45) is 8.16. The lowest BCUT2D eigenvalue weighted by atomic mass is 10.1. The van der Waals surface area contributed by atoms with Crippen molar-refractivity contribution in [1.82, 2.24) is 19.5 Å². The summed E-state index contributed by atoms with van der Waals surface area (Å²) < 4.78 is 2.24. The minimum atomic E-state index is 0.840. The van der Waals surface area contributed by atoms with Gasteiger partial charge in [-0.2, -0.15) is 0 Å². The van der Waals surface area contributed by atoms with Crippen LogP contribution in [0, 0.1) is 0 Å². The van der Waals surface area contributed by atoms with Gasteiger partial charge in [-0.3, -0.25) is 0 Å². The molecule has 2 aromatic heterocycles. The number of imidazole rings is 1. The SMILES string of the molecule is CSc1ccc(CCNc2ncnc3c2nc2n3CCCC2)cc1. The summed E-state index contributed by atoms with van der Waals surface area (Å²) in [5.74, 6) is 2.00. The van der Waals surface area contributed by atoms with Crippen LogP contribution in [0.3, 0.4) is 0 Å². The largest absolute Gasteiger partial charge is 0.368 e. The molecule has 124 valence electrons. The summed E-state index contributed by atoms with van der Waals surface area (Å²) in [7, 11) is 0. The predicted molar refractivity (Wildman–Crippen MR) is 98.7 cm³/mol. The smallest absolute Gasteiger partial charge is 0.165 e. The highest BCUT2D eigenvalue weighted by Gasteiger charge is 2.17. The molecule has 0 aliphatic carbocycles. The molecular weight excluding hydrogens is 318 g/mol. The molecule has 0 bridgehead atoms. The highest BCUT2D eigenvalue weighted by atomic mass is 32.2. The lowest BCUT2D eigenvalue weighted by molar-refractivity contribution is 0.530. The van der Waals surface area contributed by atoms with Gasteiger partial charge in [-0.05, 0) is 43.2 Å². The summed E-state index contributed by atoms with van der Waals surface area (Å²) in [6, 6.07) is 8.73. The number of aromatic nitrogens is 4. The highest BCUT2D eigenvalue weighted by molar-refractivity contribution is 7.98. The van der Waals surface area contributed by atoms with Crippen molar-refractivity contribution >= 4 is 28.7 Å². The monoisotopic (exact) mass is 339 g/mol. The average Bonchev–Trinajstić information content (AvgIpc) is 3.02. The molecule has 1 aromatic carbocycles. The molecule has 5 nitrogen and oxygen atoms in total. The summed E-state index contributed by atoms with van der Waals surface area (Å²) in [4.78, 5) is 14.9. The molecule has 1 N–H and O–H groups in total. The van der Waals surface area contributed by atoms with E-state index in [0.29, 0.717) is 0 Å². The van der Waals surface area contributed by atoms with Gasteiger partial charge in [0.25, 0.3) is 0 Å². The number of fused-ring (bicyclic) bond motifs is 3. The standard InChI is InChI=1S/C18H21N5S/c1-24-14-7-5-13(6-8-14)9-10-19-17-16-18(21-12-20-17)23-11-3-2-4-15(23)22-16/h5-8,12H,2-4,9-11H2,1H3,(H,19,20,21). The Balaban J connectivity index is 1.49. The van der Waals surface area contributed by atoms with Crippen molar-refractivity contribution in [1.29, 1.82) is 0 Å². The summed E-state index contributed by atoms with van der Waals surface area (Å²) >= 11 is 1.77. The zero-order valence-electron chi connectivity index (χ0n) is 13.8. The third-order valence-corrected chi connectivity index (χ3v) is 5.25. The Morgan fingerprint density at radius 1 is 1.17 bits per heavy atom. The first kappa shape index (κ1) is 15.4. The Morgan fingerprint density at radius 2 is 2.04 bits per heavy atom. The van der Waals surface area contributed by atoms with Gasteiger partial charge in [0, 0.05) is 24.4 Å². The van der Waals surface area contributed by atoms with E-state index in [1.165, 1.54) is 23.3 Å². The maximum atomic E-state index is 4.77. The molecule has 0 amide bonds. The highest BCUT2D eigenvalue weighted by Crippen LogP contribution is 2.24. The fourth-order valence-electron chi connectivity index (χ4n) is 3.21. The van der Waals surface area contributed by atoms with Gasteiger partial charge < -0.3 is 9.88 Å². The van der Waals surface area contributed by atoms with Crippen LogP contribution in [0.2, 0.25) is 0 Å². The molecule has 24 heavy (non-hydrogen) atoms. The Morgan fingerprint density at radius 3 is 2.88 bits per heavy atom. The van der Waals surface area contributed by atoms with Gasteiger partial charge in [0.1, 0.15) is 12.2 Å². The first-order chi connectivity index (χ1) is 11.8. The van der Waals surface area contributed by atoms with Gasteiger partial charge in [0.15, 0.2) is 17.0 Å². The fraction of sp³-hybridized carbons (Fsp3) is 0.389. The molecule has 0 saturated heterocycles. The van der Waals surface area contributed by atoms with Crippen LogP contribution in [0.5, 0.6) is 0 Å². The van der Waals surface area contributed by atoms with Crippen LogP contribution in [0.4, 0.5) is 5.82 Å². The van der Waals surface area contributed by atoms with Crippen LogP contribution in [-0.2, 0) is 19.4 Å². The van der Waals surface area contributed by atoms with Crippen molar-refractivity contribution in [3.63, 3.8) is 0 Å². The molecule has 0 saturated carbocycles. The molecular formula is C18H21N5S. The Kier molecular flexibility index (Phi) is 4.38. The van der Waals surface area contributed by atoms with Crippen LogP contribution < -0.4 is 5.32 Å². The molecule has 0 spiro atoms. The van der Waals surface area contributed by atoms with Crippen LogP contribution in [0.25, 0.3) is 11.2 Å². The van der Waals surface area contributed by atoms with Crippen LogP contribution in [0.15, 0.2) is 35.5 Å². The number of anilines is 1. The van der Waals surface area contributed by atoms with Gasteiger partial charge >= 0.3 is 0 Å². The molecule has 3 aromatic rings. The van der Waals surface area contributed by atoms with E-state index in [1.807, 2.05) is 0 Å². The van der Waals surface area contributed by atoms with E-state index in [1.54, 1.807) is 18.1 Å². The van der Waals surface area contributed by atoms with Crippen LogP contribution >= 0.6 is 11.8 Å². The van der Waals surface area contributed by atoms with E-state index < -0.39 is 0 Å². The molecule has 0 atom stereocenters. The number of hydrogen-bond acceptors (Lipinski definition) is 5. The maximum absolute atomic E-state index is 4.77. The molecule has 4 rings (SSSR count). The quantitative estimate of drug-likeness (QED) is 0.721. The topological polar surface area (TPSA) is 55.6 Å². The lowest BCUT2D eigenvalue weighted by Gasteiger charge is -2.12. The zero-order chi connectivity index (χ0) is 16.4. The Hall–Kier alpha value is -2.08. The third-order valence-electron chi connectivity index (χ3n) is 4.51. The second kappa shape index (κ2) is 6.81. The van der Waals surface area contributed by atoms with E-state index in [-0.39, 0.29) is 0 Å². The zero-order valence-corrected chi connectivity index (χ0v) is 14.6. The van der Waals surface area contributed by atoms with Crippen molar-refractivity contribution in [3.8, 4) is 0 Å². The first-order valence-corrected chi connectivity index (χ1v) is 9.64. The average molecular weight is 339 g/mol. The van der Waals surface area contributed by atoms with Crippen LogP contribution in [-0.4, -0.2) is 32.3 Å². The summed E-state index contributed by atoms with van der Waals surface area (Å²) in [5.41, 5.74) is 3.20. The summed E-state index contributed by atoms with van der Waals surface area (Å²) in [6.45, 7) is 1.86. The van der Waals surface area contributed by atoms with E-state index >= 15 is 0 Å². The number of benzene rings is 1. The van der Waals surface area contributed by atoms with Crippen molar-refractivity contribution in [3.05, 3.63) is 42.0 Å². The first-order valence-electron chi connectivity index (χ1n) is 8.42. The lowest BCUT2D eigenvalue weighted by Crippen LogP contribution is -2.10. The molecule has 6 heteroatoms. The van der Waals surface area contributed by atoms with Gasteiger partial charge in [-0.25, -0.2) is 15.0 Å². The number of rotatable bonds is 5. The van der Waals surface area contributed by atoms with Gasteiger partial charge in [0.05, 0.1) is 0 Å². The maximum Gasteiger partial charge on any atom is 0.165 e. The molecule has 1 aliphatic heterocycles. The Bertz CT molecular complexity index is 840. The normalized spacial score (nSPS) is 13.9. The number of aryl methyl sites for hydroxylation is 2. The van der Waals surface area contributed by atoms with E-state index in [4.69, 9.17) is 4.98 Å². The van der Waals surface area contributed by atoms with E-state index in [2.05, 4.69) is 50.4 Å². The van der Waals surface area contributed by atoms with E-state index in [9.17, 15) is 0 Å². The molecule has 3 heterocycles. The van der Waals surface area contributed by atoms with Gasteiger partial charge in [-0.1, -0.05) is 12.1 Å². The van der Waals surface area contributed by atoms with Gasteiger partial charge in [0.2, 0.25) is 0 Å². The number of thioether (sulfide) groups is 1. The second-order valence-corrected chi connectivity index (χ2v) is 6.94.